The Morgan fingerprint density at radius 1 is 1.03 bits per heavy atom. The zero-order chi connectivity index (χ0) is 21.2. The quantitative estimate of drug-likeness (QED) is 0.519. The highest BCUT2D eigenvalue weighted by Gasteiger charge is 2.15. The summed E-state index contributed by atoms with van der Waals surface area (Å²) in [6.07, 6.45) is 3.30. The fourth-order valence-corrected chi connectivity index (χ4v) is 3.97. The van der Waals surface area contributed by atoms with Crippen molar-refractivity contribution in [3.63, 3.8) is 0 Å². The van der Waals surface area contributed by atoms with Crippen molar-refractivity contribution < 1.29 is 0 Å². The number of aryl methyl sites for hydroxylation is 1. The maximum atomic E-state index is 4.67. The number of fused-ring (bicyclic) bond motifs is 1. The second-order valence-electron chi connectivity index (χ2n) is 8.12. The number of anilines is 2. The van der Waals surface area contributed by atoms with Crippen LogP contribution in [0.2, 0.25) is 0 Å². The summed E-state index contributed by atoms with van der Waals surface area (Å²) in [6, 6.07) is 12.2. The molecule has 5 rings (SSSR count). The van der Waals surface area contributed by atoms with Gasteiger partial charge >= 0.3 is 0 Å². The van der Waals surface area contributed by atoms with Gasteiger partial charge in [-0.25, -0.2) is 19.9 Å². The first kappa shape index (κ1) is 19.6. The van der Waals surface area contributed by atoms with E-state index in [4.69, 9.17) is 0 Å². The smallest absolute Gasteiger partial charge is 0.206 e. The summed E-state index contributed by atoms with van der Waals surface area (Å²) < 4.78 is 0. The van der Waals surface area contributed by atoms with Crippen LogP contribution in [0.15, 0.2) is 48.9 Å². The second-order valence-corrected chi connectivity index (χ2v) is 8.12. The number of likely N-dealkylation sites (N-methyl/N-ethyl adjacent to an activating group) is 1. The molecule has 4 heterocycles. The summed E-state index contributed by atoms with van der Waals surface area (Å²) in [7, 11) is 2.18. The van der Waals surface area contributed by atoms with E-state index in [1.807, 2.05) is 25.1 Å². The van der Waals surface area contributed by atoms with E-state index >= 15 is 0 Å². The molecule has 1 aliphatic rings. The van der Waals surface area contributed by atoms with Crippen LogP contribution >= 0.6 is 0 Å². The molecule has 2 N–H and O–H groups in total. The van der Waals surface area contributed by atoms with Crippen molar-refractivity contribution in [1.82, 2.24) is 34.7 Å². The molecule has 0 saturated carbocycles. The lowest BCUT2D eigenvalue weighted by atomic mass is 10.1. The molecule has 4 aromatic rings. The molecule has 0 spiro atoms. The number of imidazole rings is 1. The van der Waals surface area contributed by atoms with Gasteiger partial charge in [-0.15, -0.1) is 0 Å². The molecule has 1 saturated heterocycles. The van der Waals surface area contributed by atoms with Gasteiger partial charge in [0.15, 0.2) is 0 Å². The Morgan fingerprint density at radius 2 is 1.90 bits per heavy atom. The Balaban J connectivity index is 1.35. The summed E-state index contributed by atoms with van der Waals surface area (Å²) in [5.41, 5.74) is 6.01. The zero-order valence-corrected chi connectivity index (χ0v) is 17.8. The van der Waals surface area contributed by atoms with E-state index in [9.17, 15) is 0 Å². The number of piperazine rings is 1. The number of hydrogen-bond donors (Lipinski definition) is 2. The molecule has 31 heavy (non-hydrogen) atoms. The number of aromatic nitrogens is 5. The lowest BCUT2D eigenvalue weighted by Crippen LogP contribution is -2.43. The molecule has 0 aliphatic carbocycles. The minimum absolute atomic E-state index is 0.679. The number of nitrogens with zero attached hydrogens (tertiary/aromatic N) is 6. The van der Waals surface area contributed by atoms with Crippen molar-refractivity contribution in [1.29, 1.82) is 0 Å². The van der Waals surface area contributed by atoms with E-state index in [1.54, 1.807) is 12.5 Å². The molecule has 8 nitrogen and oxygen atoms in total. The van der Waals surface area contributed by atoms with E-state index in [0.29, 0.717) is 5.95 Å². The molecule has 0 radical (unpaired) electrons. The van der Waals surface area contributed by atoms with E-state index < -0.39 is 0 Å². The second kappa shape index (κ2) is 8.41. The van der Waals surface area contributed by atoms with E-state index in [1.165, 1.54) is 5.56 Å². The van der Waals surface area contributed by atoms with E-state index in [2.05, 4.69) is 65.3 Å². The van der Waals surface area contributed by atoms with Crippen LogP contribution in [0.1, 0.15) is 11.3 Å². The molecule has 0 amide bonds. The summed E-state index contributed by atoms with van der Waals surface area (Å²) in [5, 5.41) is 3.35. The van der Waals surface area contributed by atoms with Crippen LogP contribution in [0.4, 0.5) is 11.8 Å². The topological polar surface area (TPSA) is 85.9 Å². The number of nitrogens with one attached hydrogen (secondary N) is 2. The summed E-state index contributed by atoms with van der Waals surface area (Å²) in [5.74, 6) is 1.48. The number of aromatic amines is 1. The first-order chi connectivity index (χ1) is 15.1. The lowest BCUT2D eigenvalue weighted by molar-refractivity contribution is 0.148. The molecule has 0 unspecified atom stereocenters. The summed E-state index contributed by atoms with van der Waals surface area (Å²) >= 11 is 0. The van der Waals surface area contributed by atoms with Gasteiger partial charge in [0.2, 0.25) is 5.95 Å². The Hall–Kier alpha value is -3.36. The molecule has 0 bridgehead atoms. The van der Waals surface area contributed by atoms with Crippen molar-refractivity contribution in [2.75, 3.05) is 38.5 Å². The molecule has 0 atom stereocenters. The molecule has 1 fully saturated rings. The highest BCUT2D eigenvalue weighted by molar-refractivity contribution is 5.83. The Labute approximate surface area is 181 Å². The lowest BCUT2D eigenvalue weighted by Gasteiger charge is -2.32. The predicted molar refractivity (Wildman–Crippen MR) is 122 cm³/mol. The van der Waals surface area contributed by atoms with Crippen LogP contribution in [0.5, 0.6) is 0 Å². The van der Waals surface area contributed by atoms with E-state index in [0.717, 1.165) is 66.5 Å². The van der Waals surface area contributed by atoms with Crippen LogP contribution in [-0.2, 0) is 6.54 Å². The van der Waals surface area contributed by atoms with Crippen molar-refractivity contribution in [3.05, 3.63) is 60.2 Å². The fraction of sp³-hybridized carbons (Fsp3) is 0.304. The SMILES string of the molecule is Cc1cc(CN2CCN(C)CC2)cc(Nc2nc3ccc(-c4ccncn4)cc3[nH]2)n1. The summed E-state index contributed by atoms with van der Waals surface area (Å²) in [4.78, 5) is 25.9. The average molecular weight is 415 g/mol. The van der Waals surface area contributed by atoms with Gasteiger partial charge in [0.1, 0.15) is 12.1 Å². The first-order valence-corrected chi connectivity index (χ1v) is 10.5. The Morgan fingerprint density at radius 3 is 2.71 bits per heavy atom. The highest BCUT2D eigenvalue weighted by Crippen LogP contribution is 2.24. The summed E-state index contributed by atoms with van der Waals surface area (Å²) in [6.45, 7) is 7.40. The minimum atomic E-state index is 0.679. The van der Waals surface area contributed by atoms with Gasteiger partial charge in [-0.1, -0.05) is 6.07 Å². The normalized spacial score (nSPS) is 15.4. The van der Waals surface area contributed by atoms with Gasteiger partial charge in [0.25, 0.3) is 0 Å². The van der Waals surface area contributed by atoms with Crippen molar-refractivity contribution in [3.8, 4) is 11.3 Å². The van der Waals surface area contributed by atoms with Crippen molar-refractivity contribution >= 4 is 22.8 Å². The number of rotatable bonds is 5. The molecule has 158 valence electrons. The first-order valence-electron chi connectivity index (χ1n) is 10.5. The van der Waals surface area contributed by atoms with Crippen molar-refractivity contribution in [2.24, 2.45) is 0 Å². The molecular weight excluding hydrogens is 388 g/mol. The fourth-order valence-electron chi connectivity index (χ4n) is 3.97. The molecular formula is C23H26N8. The number of pyridine rings is 1. The molecule has 3 aromatic heterocycles. The Kier molecular flexibility index (Phi) is 5.31. The number of H-pyrrole nitrogens is 1. The van der Waals surface area contributed by atoms with Crippen molar-refractivity contribution in [2.45, 2.75) is 13.5 Å². The Bertz CT molecular complexity index is 1180. The molecule has 1 aliphatic heterocycles. The van der Waals surface area contributed by atoms with Crippen LogP contribution in [0.3, 0.4) is 0 Å². The number of hydrogen-bond acceptors (Lipinski definition) is 7. The van der Waals surface area contributed by atoms with Gasteiger partial charge in [0, 0.05) is 50.2 Å². The third-order valence-corrected chi connectivity index (χ3v) is 5.62. The maximum Gasteiger partial charge on any atom is 0.206 e. The predicted octanol–water partition coefficient (Wildman–Crippen LogP) is 3.21. The average Bonchev–Trinajstić information content (AvgIpc) is 3.17. The molecule has 8 heteroatoms. The van der Waals surface area contributed by atoms with Gasteiger partial charge in [0.05, 0.1) is 16.7 Å². The zero-order valence-electron chi connectivity index (χ0n) is 17.8. The largest absolute Gasteiger partial charge is 0.324 e. The standard InChI is InChI=1S/C23H26N8/c1-16-11-17(14-31-9-7-30(2)8-10-31)12-22(26-16)29-23-27-20-4-3-18(13-21(20)28-23)19-5-6-24-15-25-19/h3-6,11-13,15H,7-10,14H2,1-2H3,(H2,26,27,28,29). The van der Waals surface area contributed by atoms with Gasteiger partial charge in [-0.2, -0.15) is 0 Å². The molecule has 1 aromatic carbocycles. The van der Waals surface area contributed by atoms with Gasteiger partial charge in [-0.3, -0.25) is 4.90 Å². The third kappa shape index (κ3) is 4.55. The maximum absolute atomic E-state index is 4.67. The van der Waals surface area contributed by atoms with Crippen LogP contribution in [0.25, 0.3) is 22.3 Å². The number of benzene rings is 1. The highest BCUT2D eigenvalue weighted by atomic mass is 15.2. The monoisotopic (exact) mass is 414 g/mol. The van der Waals surface area contributed by atoms with Crippen LogP contribution < -0.4 is 5.32 Å². The van der Waals surface area contributed by atoms with Crippen LogP contribution in [0, 0.1) is 6.92 Å². The van der Waals surface area contributed by atoms with Gasteiger partial charge < -0.3 is 15.2 Å². The van der Waals surface area contributed by atoms with Gasteiger partial charge in [-0.05, 0) is 49.9 Å². The van der Waals surface area contributed by atoms with E-state index in [-0.39, 0.29) is 0 Å². The minimum Gasteiger partial charge on any atom is -0.324 e. The third-order valence-electron chi connectivity index (χ3n) is 5.62. The van der Waals surface area contributed by atoms with Crippen LogP contribution in [-0.4, -0.2) is 67.9 Å².